The number of anilines is 1. The molecule has 1 amide bonds. The van der Waals surface area contributed by atoms with Gasteiger partial charge in [0.2, 0.25) is 0 Å². The van der Waals surface area contributed by atoms with Gasteiger partial charge >= 0.3 is 0 Å². The Morgan fingerprint density at radius 1 is 1.35 bits per heavy atom. The van der Waals surface area contributed by atoms with Crippen LogP contribution in [0, 0.1) is 5.82 Å². The van der Waals surface area contributed by atoms with E-state index in [1.807, 2.05) is 6.92 Å². The molecule has 4 rings (SSSR count). The molecule has 3 aromatic rings. The molecular weight excluding hydrogens is 297 g/mol. The summed E-state index contributed by atoms with van der Waals surface area (Å²) < 4.78 is 21.3. The highest BCUT2D eigenvalue weighted by Crippen LogP contribution is 2.36. The summed E-state index contributed by atoms with van der Waals surface area (Å²) in [5.74, 6) is -0.525. The zero-order chi connectivity index (χ0) is 16.0. The monoisotopic (exact) mass is 311 g/mol. The van der Waals surface area contributed by atoms with E-state index in [-0.39, 0.29) is 17.8 Å². The number of nitrogens with zero attached hydrogens (tertiary/aromatic N) is 3. The van der Waals surface area contributed by atoms with Gasteiger partial charge in [-0.1, -0.05) is 6.07 Å². The van der Waals surface area contributed by atoms with Crippen LogP contribution in [-0.2, 0) is 0 Å². The maximum absolute atomic E-state index is 14.0. The van der Waals surface area contributed by atoms with Crippen molar-refractivity contribution in [1.82, 2.24) is 9.38 Å². The average Bonchev–Trinajstić information content (AvgIpc) is 3.02. The summed E-state index contributed by atoms with van der Waals surface area (Å²) in [6, 6.07) is 8.11. The van der Waals surface area contributed by atoms with E-state index >= 15 is 0 Å². The standard InChI is InChI=1S/C17H14FN3O2/c1-11-9-21(14-4-2-3-13(18)16(14)23-11)17(22)12-5-6-15-19-7-8-20(15)10-12/h2-8,10-11H,9H2,1H3/t11-/m0/s1. The number of carbonyl (C=O) groups excluding carboxylic acids is 1. The van der Waals surface area contributed by atoms with Crippen molar-refractivity contribution >= 4 is 17.2 Å². The van der Waals surface area contributed by atoms with Crippen molar-refractivity contribution in [3.05, 3.63) is 60.3 Å². The minimum absolute atomic E-state index is 0.128. The Bertz CT molecular complexity index is 906. The van der Waals surface area contributed by atoms with E-state index in [0.717, 1.165) is 5.65 Å². The number of carbonyl (C=O) groups is 1. The summed E-state index contributed by atoms with van der Waals surface area (Å²) in [6.45, 7) is 2.19. The van der Waals surface area contributed by atoms with E-state index in [9.17, 15) is 9.18 Å². The van der Waals surface area contributed by atoms with Crippen LogP contribution in [0.1, 0.15) is 17.3 Å². The highest BCUT2D eigenvalue weighted by atomic mass is 19.1. The van der Waals surface area contributed by atoms with Gasteiger partial charge in [0.25, 0.3) is 5.91 Å². The van der Waals surface area contributed by atoms with Crippen molar-refractivity contribution in [1.29, 1.82) is 0 Å². The molecule has 3 heterocycles. The van der Waals surface area contributed by atoms with Gasteiger partial charge in [0.15, 0.2) is 11.6 Å². The first-order valence-electron chi connectivity index (χ1n) is 7.33. The van der Waals surface area contributed by atoms with Gasteiger partial charge < -0.3 is 14.0 Å². The summed E-state index contributed by atoms with van der Waals surface area (Å²) in [6.07, 6.45) is 4.90. The second-order valence-corrected chi connectivity index (χ2v) is 5.54. The first-order chi connectivity index (χ1) is 11.1. The summed E-state index contributed by atoms with van der Waals surface area (Å²) in [5.41, 5.74) is 1.74. The van der Waals surface area contributed by atoms with Crippen LogP contribution >= 0.6 is 0 Å². The third-order valence-electron chi connectivity index (χ3n) is 3.88. The van der Waals surface area contributed by atoms with Crippen molar-refractivity contribution in [2.75, 3.05) is 11.4 Å². The first-order valence-corrected chi connectivity index (χ1v) is 7.33. The number of rotatable bonds is 1. The third kappa shape index (κ3) is 2.23. The predicted octanol–water partition coefficient (Wildman–Crippen LogP) is 2.90. The zero-order valence-electron chi connectivity index (χ0n) is 12.4. The Hall–Kier alpha value is -2.89. The third-order valence-corrected chi connectivity index (χ3v) is 3.88. The lowest BCUT2D eigenvalue weighted by atomic mass is 10.1. The van der Waals surface area contributed by atoms with Crippen molar-refractivity contribution in [2.24, 2.45) is 0 Å². The molecule has 5 nitrogen and oxygen atoms in total. The molecule has 0 N–H and O–H groups in total. The number of benzene rings is 1. The largest absolute Gasteiger partial charge is 0.484 e. The summed E-state index contributed by atoms with van der Waals surface area (Å²) in [7, 11) is 0. The fraction of sp³-hybridized carbons (Fsp3) is 0.176. The second-order valence-electron chi connectivity index (χ2n) is 5.54. The number of imidazole rings is 1. The number of hydrogen-bond acceptors (Lipinski definition) is 3. The Balaban J connectivity index is 1.77. The molecule has 0 spiro atoms. The van der Waals surface area contributed by atoms with Gasteiger partial charge in [-0.15, -0.1) is 0 Å². The van der Waals surface area contributed by atoms with Gasteiger partial charge in [0.1, 0.15) is 11.8 Å². The molecule has 6 heteroatoms. The van der Waals surface area contributed by atoms with E-state index in [4.69, 9.17) is 4.74 Å². The van der Waals surface area contributed by atoms with Crippen LogP contribution in [0.3, 0.4) is 0 Å². The van der Waals surface area contributed by atoms with Gasteiger partial charge in [-0.3, -0.25) is 4.79 Å². The molecule has 0 aliphatic carbocycles. The summed E-state index contributed by atoms with van der Waals surface area (Å²) in [4.78, 5) is 18.6. The first kappa shape index (κ1) is 13.8. The van der Waals surface area contributed by atoms with Crippen LogP contribution in [0.4, 0.5) is 10.1 Å². The van der Waals surface area contributed by atoms with Crippen LogP contribution in [0.15, 0.2) is 48.9 Å². The number of aromatic nitrogens is 2. The SMILES string of the molecule is C[C@H]1CN(C(=O)c2ccc3nccn3c2)c2cccc(F)c2O1. The molecule has 0 saturated carbocycles. The van der Waals surface area contributed by atoms with Crippen LogP contribution in [0.2, 0.25) is 0 Å². The summed E-state index contributed by atoms with van der Waals surface area (Å²) >= 11 is 0. The van der Waals surface area contributed by atoms with Crippen LogP contribution in [0.25, 0.3) is 5.65 Å². The number of pyridine rings is 1. The lowest BCUT2D eigenvalue weighted by Crippen LogP contribution is -2.42. The van der Waals surface area contributed by atoms with Gasteiger partial charge in [0, 0.05) is 18.6 Å². The Labute approximate surface area is 131 Å². The van der Waals surface area contributed by atoms with E-state index in [0.29, 0.717) is 17.8 Å². The lowest BCUT2D eigenvalue weighted by molar-refractivity contribution is 0.0958. The number of halogens is 1. The quantitative estimate of drug-likeness (QED) is 0.694. The average molecular weight is 311 g/mol. The summed E-state index contributed by atoms with van der Waals surface area (Å²) in [5, 5.41) is 0. The maximum atomic E-state index is 14.0. The van der Waals surface area contributed by atoms with Crippen LogP contribution in [0.5, 0.6) is 5.75 Å². The zero-order valence-corrected chi connectivity index (χ0v) is 12.4. The van der Waals surface area contributed by atoms with Crippen molar-refractivity contribution in [3.8, 4) is 5.75 Å². The lowest BCUT2D eigenvalue weighted by Gasteiger charge is -2.33. The van der Waals surface area contributed by atoms with Gasteiger partial charge in [-0.25, -0.2) is 9.37 Å². The normalized spacial score (nSPS) is 17.0. The number of hydrogen-bond donors (Lipinski definition) is 0. The van der Waals surface area contributed by atoms with Crippen molar-refractivity contribution in [2.45, 2.75) is 13.0 Å². The van der Waals surface area contributed by atoms with E-state index in [2.05, 4.69) is 4.98 Å². The van der Waals surface area contributed by atoms with Gasteiger partial charge in [-0.2, -0.15) is 0 Å². The molecule has 0 radical (unpaired) electrons. The van der Waals surface area contributed by atoms with E-state index in [1.54, 1.807) is 52.2 Å². The molecule has 0 unspecified atom stereocenters. The number of amides is 1. The number of para-hydroxylation sites is 1. The minimum Gasteiger partial charge on any atom is -0.484 e. The van der Waals surface area contributed by atoms with Crippen molar-refractivity contribution < 1.29 is 13.9 Å². The molecule has 0 bridgehead atoms. The van der Waals surface area contributed by atoms with Crippen molar-refractivity contribution in [3.63, 3.8) is 0 Å². The fourth-order valence-electron chi connectivity index (χ4n) is 2.82. The predicted molar refractivity (Wildman–Crippen MR) is 83.4 cm³/mol. The highest BCUT2D eigenvalue weighted by molar-refractivity contribution is 6.07. The van der Waals surface area contributed by atoms with Gasteiger partial charge in [0.05, 0.1) is 17.8 Å². The fourth-order valence-corrected chi connectivity index (χ4v) is 2.82. The molecule has 1 aliphatic heterocycles. The Morgan fingerprint density at radius 2 is 2.22 bits per heavy atom. The molecule has 1 aromatic carbocycles. The maximum Gasteiger partial charge on any atom is 0.260 e. The molecule has 23 heavy (non-hydrogen) atoms. The number of ether oxygens (including phenoxy) is 1. The van der Waals surface area contributed by atoms with Gasteiger partial charge in [-0.05, 0) is 31.2 Å². The molecule has 0 fully saturated rings. The highest BCUT2D eigenvalue weighted by Gasteiger charge is 2.30. The molecule has 116 valence electrons. The Morgan fingerprint density at radius 3 is 3.09 bits per heavy atom. The number of fused-ring (bicyclic) bond motifs is 2. The minimum atomic E-state index is -0.461. The van der Waals surface area contributed by atoms with E-state index in [1.165, 1.54) is 6.07 Å². The van der Waals surface area contributed by atoms with E-state index < -0.39 is 5.82 Å². The Kier molecular flexibility index (Phi) is 3.04. The second kappa shape index (κ2) is 5.08. The smallest absolute Gasteiger partial charge is 0.260 e. The van der Waals surface area contributed by atoms with Crippen LogP contribution < -0.4 is 9.64 Å². The molecule has 1 aliphatic rings. The molecule has 0 saturated heterocycles. The molecular formula is C17H14FN3O2. The van der Waals surface area contributed by atoms with Crippen LogP contribution in [-0.4, -0.2) is 27.9 Å². The topological polar surface area (TPSA) is 46.8 Å². The molecule has 2 aromatic heterocycles. The molecule has 1 atom stereocenters.